The smallest absolute Gasteiger partial charge is 0.335 e. The van der Waals surface area contributed by atoms with E-state index in [4.69, 9.17) is 9.47 Å². The van der Waals surface area contributed by atoms with E-state index >= 15 is 0 Å². The molecule has 0 aromatic heterocycles. The molecule has 202 valence electrons. The van der Waals surface area contributed by atoms with E-state index in [-0.39, 0.29) is 11.5 Å². The summed E-state index contributed by atoms with van der Waals surface area (Å²) in [5.74, 6) is 0.0306. The van der Waals surface area contributed by atoms with Gasteiger partial charge in [-0.05, 0) is 99.6 Å². The van der Waals surface area contributed by atoms with E-state index in [1.165, 1.54) is 28.8 Å². The number of amidine groups is 1. The maximum Gasteiger partial charge on any atom is 0.335 e. The fraction of sp³-hybridized carbons (Fsp3) is 0.129. The van der Waals surface area contributed by atoms with Gasteiger partial charge < -0.3 is 14.6 Å². The summed E-state index contributed by atoms with van der Waals surface area (Å²) in [5.41, 5.74) is 2.47. The molecule has 1 N–H and O–H groups in total. The van der Waals surface area contributed by atoms with E-state index in [9.17, 15) is 14.7 Å². The number of carboxylic acids is 1. The van der Waals surface area contributed by atoms with Gasteiger partial charge in [-0.25, -0.2) is 9.79 Å². The maximum atomic E-state index is 13.0. The summed E-state index contributed by atoms with van der Waals surface area (Å²) < 4.78 is 13.1. The molecule has 1 aliphatic heterocycles. The Morgan fingerprint density at radius 3 is 2.62 bits per heavy atom. The molecule has 1 saturated heterocycles. The predicted molar refractivity (Wildman–Crippen MR) is 167 cm³/mol. The normalized spacial score (nSPS) is 15.3. The number of ether oxygens (including phenoxy) is 2. The van der Waals surface area contributed by atoms with Crippen LogP contribution >= 0.6 is 34.4 Å². The molecular weight excluding hydrogens is 639 g/mol. The van der Waals surface area contributed by atoms with Gasteiger partial charge in [0.05, 0.1) is 26.3 Å². The average Bonchev–Trinajstić information content (AvgIpc) is 3.20. The van der Waals surface area contributed by atoms with Gasteiger partial charge in [-0.3, -0.25) is 9.69 Å². The number of fused-ring (bicyclic) bond motifs is 1. The van der Waals surface area contributed by atoms with Crippen LogP contribution in [0.25, 0.3) is 16.8 Å². The summed E-state index contributed by atoms with van der Waals surface area (Å²) in [6, 6.07) is 24.5. The molecule has 4 aromatic carbocycles. The Balaban J connectivity index is 1.41. The van der Waals surface area contributed by atoms with Crippen LogP contribution in [0, 0.1) is 3.57 Å². The molecule has 0 radical (unpaired) electrons. The molecule has 0 saturated carbocycles. The van der Waals surface area contributed by atoms with Gasteiger partial charge in [-0.1, -0.05) is 48.5 Å². The number of carbonyl (C=O) groups excluding carboxylic acids is 1. The third kappa shape index (κ3) is 6.00. The van der Waals surface area contributed by atoms with Crippen molar-refractivity contribution < 1.29 is 24.2 Å². The lowest BCUT2D eigenvalue weighted by Crippen LogP contribution is -2.23. The Morgan fingerprint density at radius 2 is 1.82 bits per heavy atom. The number of carboxylic acid groups (broad SMARTS) is 1. The first-order valence-electron chi connectivity index (χ1n) is 12.5. The number of halogens is 1. The molecule has 0 bridgehead atoms. The Kier molecular flexibility index (Phi) is 8.41. The number of aliphatic imine (C=N–C) groups is 1. The van der Waals surface area contributed by atoms with Crippen LogP contribution in [0.4, 0.5) is 5.69 Å². The number of thioether (sulfide) groups is 1. The van der Waals surface area contributed by atoms with E-state index in [0.717, 1.165) is 25.5 Å². The molecule has 7 nitrogen and oxygen atoms in total. The quantitative estimate of drug-likeness (QED) is 0.157. The second-order valence-electron chi connectivity index (χ2n) is 8.91. The first kappa shape index (κ1) is 27.7. The van der Waals surface area contributed by atoms with Gasteiger partial charge in [0.25, 0.3) is 5.91 Å². The van der Waals surface area contributed by atoms with Crippen LogP contribution in [0.15, 0.2) is 88.8 Å². The lowest BCUT2D eigenvalue weighted by atomic mass is 10.1. The monoisotopic (exact) mass is 664 g/mol. The number of carbonyl (C=O) groups is 2. The molecular formula is C31H25IN2O5S. The second-order valence-corrected chi connectivity index (χ2v) is 11.1. The average molecular weight is 665 g/mol. The zero-order valence-corrected chi connectivity index (χ0v) is 24.7. The minimum Gasteiger partial charge on any atom is -0.490 e. The summed E-state index contributed by atoms with van der Waals surface area (Å²) in [6.07, 6.45) is 1.80. The van der Waals surface area contributed by atoms with Crippen molar-refractivity contribution in [2.75, 3.05) is 13.7 Å². The van der Waals surface area contributed by atoms with Crippen molar-refractivity contribution in [1.29, 1.82) is 0 Å². The number of hydrogen-bond acceptors (Lipinski definition) is 6. The summed E-state index contributed by atoms with van der Waals surface area (Å²) in [4.78, 5) is 30.8. The first-order valence-corrected chi connectivity index (χ1v) is 14.4. The number of nitrogens with zero attached hydrogens (tertiary/aromatic N) is 2. The van der Waals surface area contributed by atoms with Gasteiger partial charge in [0, 0.05) is 7.05 Å². The van der Waals surface area contributed by atoms with Crippen LogP contribution in [0.2, 0.25) is 0 Å². The van der Waals surface area contributed by atoms with Crippen molar-refractivity contribution in [3.8, 4) is 11.5 Å². The van der Waals surface area contributed by atoms with Crippen molar-refractivity contribution in [2.45, 2.75) is 13.5 Å². The van der Waals surface area contributed by atoms with Gasteiger partial charge in [-0.2, -0.15) is 0 Å². The lowest BCUT2D eigenvalue weighted by Gasteiger charge is -2.16. The second kappa shape index (κ2) is 12.1. The van der Waals surface area contributed by atoms with Crippen molar-refractivity contribution in [1.82, 2.24) is 4.90 Å². The zero-order valence-electron chi connectivity index (χ0n) is 21.8. The van der Waals surface area contributed by atoms with Crippen LogP contribution in [-0.4, -0.2) is 40.7 Å². The topological polar surface area (TPSA) is 88.4 Å². The van der Waals surface area contributed by atoms with Crippen molar-refractivity contribution in [3.63, 3.8) is 0 Å². The fourth-order valence-corrected chi connectivity index (χ4v) is 6.03. The molecule has 1 heterocycles. The summed E-state index contributed by atoms with van der Waals surface area (Å²) in [5, 5.41) is 12.0. The zero-order chi connectivity index (χ0) is 28.2. The van der Waals surface area contributed by atoms with E-state index in [1.807, 2.05) is 37.3 Å². The number of benzene rings is 4. The van der Waals surface area contributed by atoms with Crippen LogP contribution in [0.1, 0.15) is 28.4 Å². The molecule has 0 unspecified atom stereocenters. The van der Waals surface area contributed by atoms with Crippen molar-refractivity contribution >= 4 is 73.9 Å². The molecule has 1 aliphatic rings. The van der Waals surface area contributed by atoms with Crippen LogP contribution in [0.5, 0.6) is 11.5 Å². The molecule has 1 amide bonds. The molecule has 4 aromatic rings. The standard InChI is InChI=1S/C31H25IN2O5S/c1-3-38-26-15-19(14-25(32)28(26)39-18-22-11-6-9-20-8-4-5-13-24(20)22)16-27-29(35)34(2)31(40-27)33-23-12-7-10-21(17-23)30(36)37/h4-17H,3,18H2,1-2H3,(H,36,37). The third-order valence-electron chi connectivity index (χ3n) is 6.20. The van der Waals surface area contributed by atoms with Gasteiger partial charge >= 0.3 is 5.97 Å². The fourth-order valence-electron chi connectivity index (χ4n) is 4.26. The highest BCUT2D eigenvalue weighted by atomic mass is 127. The molecule has 40 heavy (non-hydrogen) atoms. The number of likely N-dealkylation sites (N-methyl/N-ethyl adjacent to an activating group) is 1. The largest absolute Gasteiger partial charge is 0.490 e. The minimum atomic E-state index is -1.03. The third-order valence-corrected chi connectivity index (χ3v) is 8.06. The number of rotatable bonds is 8. The molecule has 0 atom stereocenters. The molecule has 1 fully saturated rings. The number of hydrogen-bond donors (Lipinski definition) is 1. The van der Waals surface area contributed by atoms with E-state index in [1.54, 1.807) is 25.3 Å². The minimum absolute atomic E-state index is 0.135. The van der Waals surface area contributed by atoms with E-state index < -0.39 is 5.97 Å². The van der Waals surface area contributed by atoms with Crippen LogP contribution in [0.3, 0.4) is 0 Å². The highest BCUT2D eigenvalue weighted by Crippen LogP contribution is 2.38. The summed E-state index contributed by atoms with van der Waals surface area (Å²) in [6.45, 7) is 2.77. The molecule has 0 spiro atoms. The SMILES string of the molecule is CCOc1cc(C=C2SC(=Nc3cccc(C(=O)O)c3)N(C)C2=O)cc(I)c1OCc1cccc2ccccc12. The highest BCUT2D eigenvalue weighted by Gasteiger charge is 2.30. The van der Waals surface area contributed by atoms with Gasteiger partial charge in [0.1, 0.15) is 6.61 Å². The molecule has 0 aliphatic carbocycles. The Labute approximate surface area is 249 Å². The van der Waals surface area contributed by atoms with Gasteiger partial charge in [0.2, 0.25) is 0 Å². The highest BCUT2D eigenvalue weighted by molar-refractivity contribution is 14.1. The Hall–Kier alpha value is -3.83. The van der Waals surface area contributed by atoms with Gasteiger partial charge in [0.15, 0.2) is 16.7 Å². The molecule has 5 rings (SSSR count). The van der Waals surface area contributed by atoms with Gasteiger partial charge in [-0.15, -0.1) is 0 Å². The lowest BCUT2D eigenvalue weighted by molar-refractivity contribution is -0.121. The van der Waals surface area contributed by atoms with Crippen molar-refractivity contribution in [3.05, 3.63) is 104 Å². The summed E-state index contributed by atoms with van der Waals surface area (Å²) >= 11 is 3.46. The number of amides is 1. The van der Waals surface area contributed by atoms with E-state index in [2.05, 4.69) is 51.8 Å². The maximum absolute atomic E-state index is 13.0. The van der Waals surface area contributed by atoms with E-state index in [0.29, 0.717) is 40.5 Å². The van der Waals surface area contributed by atoms with Crippen molar-refractivity contribution in [2.24, 2.45) is 4.99 Å². The predicted octanol–water partition coefficient (Wildman–Crippen LogP) is 7.35. The first-order chi connectivity index (χ1) is 19.3. The Bertz CT molecular complexity index is 1680. The summed E-state index contributed by atoms with van der Waals surface area (Å²) in [7, 11) is 1.65. The van der Waals surface area contributed by atoms with Crippen LogP contribution < -0.4 is 9.47 Å². The Morgan fingerprint density at radius 1 is 1.05 bits per heavy atom. The van der Waals surface area contributed by atoms with Crippen LogP contribution in [-0.2, 0) is 11.4 Å². The number of aromatic carboxylic acids is 1. The molecule has 9 heteroatoms.